The Balaban J connectivity index is 1.95. The van der Waals surface area contributed by atoms with Gasteiger partial charge in [0.1, 0.15) is 15.6 Å². The molecule has 0 saturated carbocycles. The Morgan fingerprint density at radius 2 is 1.94 bits per heavy atom. The molecular weight excluding hydrogens is 456 g/mol. The van der Waals surface area contributed by atoms with Gasteiger partial charge in [-0.25, -0.2) is 36.7 Å². The largest absolute Gasteiger partial charge is 0.384 e. The van der Waals surface area contributed by atoms with Gasteiger partial charge in [0.2, 0.25) is 20.0 Å². The van der Waals surface area contributed by atoms with Gasteiger partial charge in [0.15, 0.2) is 12.5 Å². The van der Waals surface area contributed by atoms with Crippen LogP contribution in [0.2, 0.25) is 0 Å². The van der Waals surface area contributed by atoms with E-state index in [4.69, 9.17) is 10.9 Å². The number of amidine groups is 1. The molecule has 14 heteroatoms. The zero-order chi connectivity index (χ0) is 22.9. The number of azo groups is 1. The normalized spacial score (nSPS) is 19.2. The summed E-state index contributed by atoms with van der Waals surface area (Å²) in [5, 5.41) is 16.3. The summed E-state index contributed by atoms with van der Waals surface area (Å²) in [7, 11) is -8.77. The maximum absolute atomic E-state index is 13.2. The van der Waals surface area contributed by atoms with E-state index >= 15 is 0 Å². The maximum Gasteiger partial charge on any atom is 0.242 e. The molecule has 4 rings (SSSR count). The topological polar surface area (TPSA) is 194 Å². The molecule has 3 heterocycles. The molecule has 170 valence electrons. The van der Waals surface area contributed by atoms with Gasteiger partial charge in [0.25, 0.3) is 0 Å². The highest BCUT2D eigenvalue weighted by Crippen LogP contribution is 2.35. The number of primary sulfonamides is 1. The number of nitrogen functional groups attached to an aromatic ring is 1. The second kappa shape index (κ2) is 8.63. The van der Waals surface area contributed by atoms with Gasteiger partial charge in [0, 0.05) is 24.3 Å². The lowest BCUT2D eigenvalue weighted by Crippen LogP contribution is -2.45. The predicted octanol–water partition coefficient (Wildman–Crippen LogP) is 0.178. The molecule has 1 fully saturated rings. The van der Waals surface area contributed by atoms with Crippen molar-refractivity contribution in [3.05, 3.63) is 36.0 Å². The molecule has 0 aliphatic carbocycles. The van der Waals surface area contributed by atoms with Crippen LogP contribution in [0.25, 0.3) is 11.1 Å². The fourth-order valence-corrected chi connectivity index (χ4v) is 6.55. The van der Waals surface area contributed by atoms with Gasteiger partial charge in [-0.15, -0.1) is 5.11 Å². The summed E-state index contributed by atoms with van der Waals surface area (Å²) in [5.41, 5.74) is 6.42. The molecule has 32 heavy (non-hydrogen) atoms. The van der Waals surface area contributed by atoms with Crippen LogP contribution in [-0.4, -0.2) is 53.5 Å². The molecule has 1 aromatic heterocycles. The molecule has 0 radical (unpaired) electrons. The van der Waals surface area contributed by atoms with Crippen molar-refractivity contribution in [2.45, 2.75) is 28.7 Å². The first-order valence-electron chi connectivity index (χ1n) is 9.74. The van der Waals surface area contributed by atoms with E-state index in [9.17, 15) is 16.8 Å². The Labute approximate surface area is 185 Å². The van der Waals surface area contributed by atoms with E-state index in [1.807, 2.05) is 0 Å². The highest BCUT2D eigenvalue weighted by Gasteiger charge is 2.33. The lowest BCUT2D eigenvalue weighted by atomic mass is 10.00. The third-order valence-corrected chi connectivity index (χ3v) is 7.77. The molecule has 1 saturated heterocycles. The third kappa shape index (κ3) is 4.54. The molecule has 12 nitrogen and oxygen atoms in total. The van der Waals surface area contributed by atoms with Gasteiger partial charge in [-0.1, -0.05) is 6.07 Å². The van der Waals surface area contributed by atoms with Gasteiger partial charge in [-0.2, -0.15) is 5.11 Å². The van der Waals surface area contributed by atoms with Crippen LogP contribution in [0.5, 0.6) is 0 Å². The van der Waals surface area contributed by atoms with Crippen molar-refractivity contribution in [3.8, 4) is 11.1 Å². The smallest absolute Gasteiger partial charge is 0.242 e. The average molecular weight is 479 g/mol. The number of pyridine rings is 1. The number of sulfonamides is 2. The maximum atomic E-state index is 13.2. The van der Waals surface area contributed by atoms with Crippen LogP contribution < -0.4 is 20.9 Å². The summed E-state index contributed by atoms with van der Waals surface area (Å²) >= 11 is 0. The van der Waals surface area contributed by atoms with Crippen LogP contribution in [0.4, 0.5) is 5.82 Å². The fourth-order valence-electron chi connectivity index (χ4n) is 3.68. The molecule has 2 aromatic rings. The number of aromatic nitrogens is 1. The lowest BCUT2D eigenvalue weighted by Gasteiger charge is -2.24. The van der Waals surface area contributed by atoms with Crippen LogP contribution in [-0.2, 0) is 20.0 Å². The van der Waals surface area contributed by atoms with Crippen molar-refractivity contribution in [2.75, 3.05) is 25.5 Å². The molecule has 1 atom stereocenters. The van der Waals surface area contributed by atoms with E-state index in [-0.39, 0.29) is 29.9 Å². The predicted molar refractivity (Wildman–Crippen MR) is 118 cm³/mol. The second-order valence-corrected chi connectivity index (χ2v) is 10.5. The van der Waals surface area contributed by atoms with Gasteiger partial charge in [-0.05, 0) is 43.1 Å². The van der Waals surface area contributed by atoms with Gasteiger partial charge in [-0.3, -0.25) is 0 Å². The number of piperidine rings is 1. The minimum Gasteiger partial charge on any atom is -0.384 e. The number of nitrogens with zero attached hydrogens (tertiary/aromatic N) is 4. The zero-order valence-corrected chi connectivity index (χ0v) is 18.5. The second-order valence-electron chi connectivity index (χ2n) is 7.36. The summed E-state index contributed by atoms with van der Waals surface area (Å²) < 4.78 is 54.5. The molecule has 0 spiro atoms. The molecule has 0 bridgehead atoms. The highest BCUT2D eigenvalue weighted by molar-refractivity contribution is 7.92. The van der Waals surface area contributed by atoms with Gasteiger partial charge in [0.05, 0.1) is 5.56 Å². The number of nitrogens with two attached hydrogens (primary N) is 2. The number of anilines is 1. The van der Waals surface area contributed by atoms with Crippen LogP contribution in [0.15, 0.2) is 55.5 Å². The molecule has 2 aliphatic heterocycles. The Bertz CT molecular complexity index is 1300. The number of rotatable bonds is 6. The zero-order valence-electron chi connectivity index (χ0n) is 16.9. The van der Waals surface area contributed by atoms with E-state index in [0.29, 0.717) is 24.1 Å². The monoisotopic (exact) mass is 478 g/mol. The quantitative estimate of drug-likeness (QED) is 0.454. The summed E-state index contributed by atoms with van der Waals surface area (Å²) in [6.07, 6.45) is 2.86. The Hall–Kier alpha value is -2.78. The third-order valence-electron chi connectivity index (χ3n) is 5.08. The van der Waals surface area contributed by atoms with Gasteiger partial charge >= 0.3 is 0 Å². The first kappa shape index (κ1) is 22.4. The van der Waals surface area contributed by atoms with Crippen molar-refractivity contribution < 1.29 is 16.8 Å². The van der Waals surface area contributed by atoms with Crippen molar-refractivity contribution in [1.29, 1.82) is 0 Å². The van der Waals surface area contributed by atoms with Crippen molar-refractivity contribution in [2.24, 2.45) is 20.4 Å². The van der Waals surface area contributed by atoms with E-state index in [1.165, 1.54) is 24.4 Å². The number of aliphatic imine (C=N–C) groups is 1. The first-order chi connectivity index (χ1) is 15.2. The summed E-state index contributed by atoms with van der Waals surface area (Å²) in [5.74, 6) is 0.238. The minimum atomic E-state index is -4.53. The molecule has 1 aromatic carbocycles. The van der Waals surface area contributed by atoms with E-state index in [1.54, 1.807) is 6.07 Å². The summed E-state index contributed by atoms with van der Waals surface area (Å²) in [4.78, 5) is 7.08. The Morgan fingerprint density at radius 1 is 1.12 bits per heavy atom. The Kier molecular flexibility index (Phi) is 6.05. The average Bonchev–Trinajstić information content (AvgIpc) is 3.28. The van der Waals surface area contributed by atoms with Crippen LogP contribution in [0, 0.1) is 0 Å². The fraction of sp³-hybridized carbons (Fsp3) is 0.333. The van der Waals surface area contributed by atoms with Crippen molar-refractivity contribution >= 4 is 31.7 Å². The number of hydrogen-bond acceptors (Lipinski definition) is 10. The minimum absolute atomic E-state index is 0.0121. The molecular formula is C18H22N8O4S2. The van der Waals surface area contributed by atoms with E-state index in [2.05, 4.69) is 30.2 Å². The lowest BCUT2D eigenvalue weighted by molar-refractivity contribution is 0.428. The first-order valence-corrected chi connectivity index (χ1v) is 12.8. The summed E-state index contributed by atoms with van der Waals surface area (Å²) in [6, 6.07) is 5.47. The molecule has 6 N–H and O–H groups in total. The number of nitrogens with one attached hydrogen (secondary N) is 2. The van der Waals surface area contributed by atoms with Crippen molar-refractivity contribution in [1.82, 2.24) is 15.0 Å². The standard InChI is InChI=1S/C18H22N8O4S2/c19-15-6-3-11(8-22-15)13-4-5-14(32(29,30)26-12-2-1-7-21-9-12)17(31(20,27)28)16(13)18-23-10-24-25-18/h3-6,8,12,21,26H,1-2,7,9-10H2,(H2,19,22)(H2,20,27,28)/t12-/m1/s1. The van der Waals surface area contributed by atoms with Crippen LogP contribution >= 0.6 is 0 Å². The van der Waals surface area contributed by atoms with E-state index < -0.39 is 29.8 Å². The van der Waals surface area contributed by atoms with Crippen LogP contribution in [0.1, 0.15) is 18.4 Å². The number of benzene rings is 1. The Morgan fingerprint density at radius 3 is 2.53 bits per heavy atom. The van der Waals surface area contributed by atoms with E-state index in [0.717, 1.165) is 13.0 Å². The molecule has 0 amide bonds. The van der Waals surface area contributed by atoms with Crippen LogP contribution in [0.3, 0.4) is 0 Å². The van der Waals surface area contributed by atoms with Gasteiger partial charge < -0.3 is 11.1 Å². The van der Waals surface area contributed by atoms with Crippen molar-refractivity contribution in [3.63, 3.8) is 0 Å². The number of hydrogen-bond donors (Lipinski definition) is 4. The SMILES string of the molecule is Nc1ccc(-c2ccc(S(=O)(=O)N[C@@H]3CCCNC3)c(S(N)(=O)=O)c2C2=NCN=N2)cn1. The highest BCUT2D eigenvalue weighted by atomic mass is 32.2. The summed E-state index contributed by atoms with van der Waals surface area (Å²) in [6.45, 7) is 1.22. The molecule has 2 aliphatic rings. The molecule has 0 unspecified atom stereocenters.